The van der Waals surface area contributed by atoms with Gasteiger partial charge in [0.2, 0.25) is 0 Å². The summed E-state index contributed by atoms with van der Waals surface area (Å²) in [5.74, 6) is 0.728. The Labute approximate surface area is 109 Å². The summed E-state index contributed by atoms with van der Waals surface area (Å²) in [6.07, 6.45) is 3.57. The summed E-state index contributed by atoms with van der Waals surface area (Å²) >= 11 is 3.42. The number of non-ortho nitro benzene ring substituents is 1. The van der Waals surface area contributed by atoms with E-state index in [1.807, 2.05) is 0 Å². The van der Waals surface area contributed by atoms with E-state index in [9.17, 15) is 10.1 Å². The van der Waals surface area contributed by atoms with Crippen LogP contribution in [0.3, 0.4) is 0 Å². The van der Waals surface area contributed by atoms with Gasteiger partial charge in [0.15, 0.2) is 0 Å². The van der Waals surface area contributed by atoms with Gasteiger partial charge >= 0.3 is 0 Å². The summed E-state index contributed by atoms with van der Waals surface area (Å²) in [5.41, 5.74) is 0.944. The number of nitro benzene ring substituents is 1. The van der Waals surface area contributed by atoms with E-state index in [1.165, 1.54) is 18.9 Å². The molecule has 1 aliphatic rings. The fraction of sp³-hybridized carbons (Fsp3) is 0.500. The van der Waals surface area contributed by atoms with E-state index in [4.69, 9.17) is 0 Å². The molecule has 0 aromatic heterocycles. The minimum atomic E-state index is -0.365. The zero-order valence-electron chi connectivity index (χ0n) is 9.65. The molecular formula is C12H15BrN2O2. The van der Waals surface area contributed by atoms with Crippen molar-refractivity contribution < 1.29 is 4.92 Å². The van der Waals surface area contributed by atoms with Crippen molar-refractivity contribution in [3.63, 3.8) is 0 Å². The molecule has 0 heterocycles. The van der Waals surface area contributed by atoms with Gasteiger partial charge in [0.05, 0.1) is 10.6 Å². The molecule has 1 aromatic rings. The molecule has 1 fully saturated rings. The second-order valence-electron chi connectivity index (χ2n) is 4.42. The molecule has 0 radical (unpaired) electrons. The van der Waals surface area contributed by atoms with E-state index in [0.717, 1.165) is 22.5 Å². The summed E-state index contributed by atoms with van der Waals surface area (Å²) in [7, 11) is 0. The Morgan fingerprint density at radius 3 is 2.82 bits per heavy atom. The molecular weight excluding hydrogens is 284 g/mol. The number of nitrogens with one attached hydrogen (secondary N) is 1. The van der Waals surface area contributed by atoms with Crippen LogP contribution in [0.5, 0.6) is 0 Å². The van der Waals surface area contributed by atoms with E-state index >= 15 is 0 Å². The van der Waals surface area contributed by atoms with Crippen LogP contribution in [-0.2, 0) is 0 Å². The fourth-order valence-electron chi connectivity index (χ4n) is 1.99. The van der Waals surface area contributed by atoms with Crippen molar-refractivity contribution in [1.82, 2.24) is 0 Å². The number of rotatable bonds is 5. The van der Waals surface area contributed by atoms with Gasteiger partial charge < -0.3 is 5.32 Å². The molecule has 1 saturated carbocycles. The first-order valence-electron chi connectivity index (χ1n) is 5.82. The maximum Gasteiger partial charge on any atom is 0.271 e. The number of hydrogen-bond acceptors (Lipinski definition) is 3. The molecule has 1 aromatic carbocycles. The molecule has 1 N–H and O–H groups in total. The minimum absolute atomic E-state index is 0.126. The van der Waals surface area contributed by atoms with Crippen molar-refractivity contribution in [2.24, 2.45) is 5.92 Å². The first-order chi connectivity index (χ1) is 8.11. The van der Waals surface area contributed by atoms with Gasteiger partial charge in [-0.05, 0) is 47.2 Å². The third kappa shape index (κ3) is 2.97. The second kappa shape index (κ2) is 5.04. The average Bonchev–Trinajstić information content (AvgIpc) is 3.11. The van der Waals surface area contributed by atoms with E-state index < -0.39 is 0 Å². The van der Waals surface area contributed by atoms with Gasteiger partial charge in [0.25, 0.3) is 5.69 Å². The van der Waals surface area contributed by atoms with Gasteiger partial charge in [-0.15, -0.1) is 0 Å². The topological polar surface area (TPSA) is 55.2 Å². The van der Waals surface area contributed by atoms with Crippen LogP contribution in [0.25, 0.3) is 0 Å². The lowest BCUT2D eigenvalue weighted by Crippen LogP contribution is -2.20. The zero-order valence-corrected chi connectivity index (χ0v) is 11.2. The van der Waals surface area contributed by atoms with Gasteiger partial charge in [-0.3, -0.25) is 10.1 Å². The van der Waals surface area contributed by atoms with E-state index in [0.29, 0.717) is 6.04 Å². The molecule has 92 valence electrons. The lowest BCUT2D eigenvalue weighted by atomic mass is 10.1. The Morgan fingerprint density at radius 2 is 2.29 bits per heavy atom. The van der Waals surface area contributed by atoms with Gasteiger partial charge in [0.1, 0.15) is 0 Å². The first kappa shape index (κ1) is 12.4. The molecule has 1 atom stereocenters. The monoisotopic (exact) mass is 298 g/mol. The van der Waals surface area contributed by atoms with Crippen molar-refractivity contribution in [3.8, 4) is 0 Å². The minimum Gasteiger partial charge on any atom is -0.381 e. The molecule has 1 aliphatic carbocycles. The van der Waals surface area contributed by atoms with Crippen molar-refractivity contribution in [2.45, 2.75) is 32.2 Å². The first-order valence-corrected chi connectivity index (χ1v) is 6.61. The predicted molar refractivity (Wildman–Crippen MR) is 71.2 cm³/mol. The van der Waals surface area contributed by atoms with Crippen molar-refractivity contribution >= 4 is 27.3 Å². The highest BCUT2D eigenvalue weighted by Gasteiger charge is 2.30. The molecule has 0 bridgehead atoms. The highest BCUT2D eigenvalue weighted by Crippen LogP contribution is 2.37. The summed E-state index contributed by atoms with van der Waals surface area (Å²) in [6.45, 7) is 2.14. The molecule has 17 heavy (non-hydrogen) atoms. The maximum atomic E-state index is 10.7. The van der Waals surface area contributed by atoms with E-state index in [-0.39, 0.29) is 10.6 Å². The summed E-state index contributed by atoms with van der Waals surface area (Å²) in [5, 5.41) is 14.1. The van der Waals surface area contributed by atoms with Gasteiger partial charge in [-0.2, -0.15) is 0 Å². The number of halogens is 1. The van der Waals surface area contributed by atoms with Crippen molar-refractivity contribution in [3.05, 3.63) is 32.8 Å². The molecule has 0 saturated heterocycles. The van der Waals surface area contributed by atoms with Crippen LogP contribution >= 0.6 is 15.9 Å². The van der Waals surface area contributed by atoms with Crippen LogP contribution in [0, 0.1) is 16.0 Å². The third-order valence-corrected chi connectivity index (χ3v) is 3.82. The lowest BCUT2D eigenvalue weighted by Gasteiger charge is -2.18. The van der Waals surface area contributed by atoms with Gasteiger partial charge in [0, 0.05) is 22.6 Å². The second-order valence-corrected chi connectivity index (χ2v) is 5.27. The number of nitro groups is 1. The highest BCUT2D eigenvalue weighted by atomic mass is 79.9. The van der Waals surface area contributed by atoms with Gasteiger partial charge in [-0.25, -0.2) is 0 Å². The van der Waals surface area contributed by atoms with Crippen LogP contribution in [-0.4, -0.2) is 11.0 Å². The van der Waals surface area contributed by atoms with E-state index in [2.05, 4.69) is 28.2 Å². The van der Waals surface area contributed by atoms with Crippen LogP contribution in [0.15, 0.2) is 22.7 Å². The fourth-order valence-corrected chi connectivity index (χ4v) is 2.35. The quantitative estimate of drug-likeness (QED) is 0.661. The summed E-state index contributed by atoms with van der Waals surface area (Å²) in [6, 6.07) is 5.25. The standard InChI is InChI=1S/C12H15BrN2O2/c1-2-11(8-3-4-8)14-12-7-9(15(16)17)5-6-10(12)13/h5-8,11,14H,2-4H2,1H3. The molecule has 4 nitrogen and oxygen atoms in total. The Bertz CT molecular complexity index is 433. The van der Waals surface area contributed by atoms with Crippen molar-refractivity contribution in [2.75, 3.05) is 5.32 Å². The number of anilines is 1. The number of hydrogen-bond donors (Lipinski definition) is 1. The summed E-state index contributed by atoms with van der Waals surface area (Å²) in [4.78, 5) is 10.4. The predicted octanol–water partition coefficient (Wildman–Crippen LogP) is 3.96. The lowest BCUT2D eigenvalue weighted by molar-refractivity contribution is -0.384. The zero-order chi connectivity index (χ0) is 12.4. The SMILES string of the molecule is CCC(Nc1cc([N+](=O)[O-])ccc1Br)C1CC1. The average molecular weight is 299 g/mol. The molecule has 1 unspecified atom stereocenters. The van der Waals surface area contributed by atoms with Gasteiger partial charge in [-0.1, -0.05) is 6.92 Å². The summed E-state index contributed by atoms with van der Waals surface area (Å²) < 4.78 is 0.877. The third-order valence-electron chi connectivity index (χ3n) is 3.13. The molecule has 0 aliphatic heterocycles. The van der Waals surface area contributed by atoms with Crippen LogP contribution in [0.2, 0.25) is 0 Å². The number of nitrogens with zero attached hydrogens (tertiary/aromatic N) is 1. The molecule has 0 spiro atoms. The van der Waals surface area contributed by atoms with Crippen molar-refractivity contribution in [1.29, 1.82) is 0 Å². The van der Waals surface area contributed by atoms with E-state index in [1.54, 1.807) is 12.1 Å². The Morgan fingerprint density at radius 1 is 1.59 bits per heavy atom. The van der Waals surface area contributed by atoms with Crippen LogP contribution in [0.4, 0.5) is 11.4 Å². The Kier molecular flexibility index (Phi) is 3.66. The maximum absolute atomic E-state index is 10.7. The van der Waals surface area contributed by atoms with Crippen LogP contribution < -0.4 is 5.32 Å². The molecule has 2 rings (SSSR count). The normalized spacial score (nSPS) is 16.6. The van der Waals surface area contributed by atoms with Crippen LogP contribution in [0.1, 0.15) is 26.2 Å². The Hall–Kier alpha value is -1.10. The highest BCUT2D eigenvalue weighted by molar-refractivity contribution is 9.10. The largest absolute Gasteiger partial charge is 0.381 e. The Balaban J connectivity index is 2.18. The molecule has 0 amide bonds. The smallest absolute Gasteiger partial charge is 0.271 e. The molecule has 5 heteroatoms. The number of benzene rings is 1.